The molecule has 0 amide bonds. The Morgan fingerprint density at radius 1 is 1.48 bits per heavy atom. The Hall–Kier alpha value is -0.580. The van der Waals surface area contributed by atoms with Crippen LogP contribution in [0.1, 0.15) is 36.4 Å². The summed E-state index contributed by atoms with van der Waals surface area (Å²) in [4.78, 5) is 0. The zero-order chi connectivity index (χ0) is 14.9. The summed E-state index contributed by atoms with van der Waals surface area (Å²) in [7, 11) is 2.01. The second kappa shape index (κ2) is 6.27. The van der Waals surface area contributed by atoms with Gasteiger partial charge in [-0.1, -0.05) is 6.07 Å². The highest BCUT2D eigenvalue weighted by molar-refractivity contribution is 7.99. The van der Waals surface area contributed by atoms with Gasteiger partial charge in [-0.2, -0.15) is 11.8 Å². The molecule has 3 unspecified atom stereocenters. The Bertz CT molecular complexity index is 502. The van der Waals surface area contributed by atoms with Crippen LogP contribution in [0, 0.1) is 18.7 Å². The summed E-state index contributed by atoms with van der Waals surface area (Å²) in [6, 6.07) is 5.45. The van der Waals surface area contributed by atoms with Gasteiger partial charge in [0.25, 0.3) is 0 Å². The Balaban J connectivity index is 1.82. The molecule has 0 saturated carbocycles. The Kier molecular flexibility index (Phi) is 4.57. The van der Waals surface area contributed by atoms with Crippen molar-refractivity contribution in [2.45, 2.75) is 37.8 Å². The van der Waals surface area contributed by atoms with Crippen molar-refractivity contribution < 1.29 is 9.13 Å². The molecular weight excluding hydrogens is 285 g/mol. The molecule has 1 N–H and O–H groups in total. The first-order chi connectivity index (χ1) is 10.1. The summed E-state index contributed by atoms with van der Waals surface area (Å²) < 4.78 is 19.5. The van der Waals surface area contributed by atoms with Crippen LogP contribution in [0.4, 0.5) is 4.39 Å². The lowest BCUT2D eigenvalue weighted by molar-refractivity contribution is -0.0851. The van der Waals surface area contributed by atoms with E-state index in [0.717, 1.165) is 30.8 Å². The highest BCUT2D eigenvalue weighted by Gasteiger charge is 2.42. The molecule has 2 nitrogen and oxygen atoms in total. The fourth-order valence-electron chi connectivity index (χ4n) is 3.85. The largest absolute Gasteiger partial charge is 0.374 e. The van der Waals surface area contributed by atoms with Gasteiger partial charge in [0.15, 0.2) is 0 Å². The van der Waals surface area contributed by atoms with Crippen molar-refractivity contribution in [3.63, 3.8) is 0 Å². The zero-order valence-corrected chi connectivity index (χ0v) is 13.6. The molecule has 3 rings (SSSR count). The average Bonchev–Trinajstić information content (AvgIpc) is 2.90. The van der Waals surface area contributed by atoms with Crippen LogP contribution in [0.15, 0.2) is 18.2 Å². The van der Waals surface area contributed by atoms with Gasteiger partial charge < -0.3 is 10.1 Å². The van der Waals surface area contributed by atoms with Crippen LogP contribution in [0.25, 0.3) is 0 Å². The summed E-state index contributed by atoms with van der Waals surface area (Å²) in [5, 5.41) is 3.47. The zero-order valence-electron chi connectivity index (χ0n) is 12.8. The normalized spacial score (nSPS) is 30.7. The number of benzene rings is 1. The molecule has 0 radical (unpaired) electrons. The van der Waals surface area contributed by atoms with Gasteiger partial charge in [-0.25, -0.2) is 4.39 Å². The third kappa shape index (κ3) is 3.13. The van der Waals surface area contributed by atoms with Crippen molar-refractivity contribution in [3.8, 4) is 0 Å². The van der Waals surface area contributed by atoms with E-state index in [2.05, 4.69) is 5.32 Å². The first-order valence-electron chi connectivity index (χ1n) is 7.79. The summed E-state index contributed by atoms with van der Waals surface area (Å²) in [6.45, 7) is 2.85. The molecule has 2 heterocycles. The number of halogens is 1. The van der Waals surface area contributed by atoms with Crippen molar-refractivity contribution in [1.29, 1.82) is 0 Å². The summed E-state index contributed by atoms with van der Waals surface area (Å²) in [5.41, 5.74) is 2.36. The monoisotopic (exact) mass is 309 g/mol. The van der Waals surface area contributed by atoms with E-state index in [4.69, 9.17) is 4.74 Å². The predicted molar refractivity (Wildman–Crippen MR) is 86.3 cm³/mol. The Morgan fingerprint density at radius 3 is 3.00 bits per heavy atom. The maximum absolute atomic E-state index is 13.4. The van der Waals surface area contributed by atoms with Crippen LogP contribution < -0.4 is 5.32 Å². The molecule has 21 heavy (non-hydrogen) atoms. The fraction of sp³-hybridized carbons (Fsp3) is 0.647. The van der Waals surface area contributed by atoms with Gasteiger partial charge in [0, 0.05) is 18.4 Å². The molecule has 1 aromatic carbocycles. The second-order valence-electron chi connectivity index (χ2n) is 6.35. The lowest BCUT2D eigenvalue weighted by Gasteiger charge is -2.41. The third-order valence-electron chi connectivity index (χ3n) is 4.95. The minimum Gasteiger partial charge on any atom is -0.374 e. The average molecular weight is 309 g/mol. The minimum absolute atomic E-state index is 0.0939. The first-order valence-corrected chi connectivity index (χ1v) is 8.94. The SMILES string of the molecule is CNC(c1ccc(F)cc1C)C1CCOC2(CCSC2)C1. The number of aryl methyl sites for hydroxylation is 1. The van der Waals surface area contributed by atoms with Crippen LogP contribution in [-0.4, -0.2) is 30.8 Å². The van der Waals surface area contributed by atoms with Crippen LogP contribution in [0.2, 0.25) is 0 Å². The smallest absolute Gasteiger partial charge is 0.123 e. The van der Waals surface area contributed by atoms with E-state index < -0.39 is 0 Å². The quantitative estimate of drug-likeness (QED) is 0.920. The van der Waals surface area contributed by atoms with Crippen LogP contribution in [-0.2, 0) is 4.74 Å². The molecular formula is C17H24FNOS. The van der Waals surface area contributed by atoms with E-state index >= 15 is 0 Å². The number of thioether (sulfide) groups is 1. The topological polar surface area (TPSA) is 21.3 Å². The van der Waals surface area contributed by atoms with Crippen LogP contribution in [0.3, 0.4) is 0 Å². The number of hydrogen-bond acceptors (Lipinski definition) is 3. The highest BCUT2D eigenvalue weighted by atomic mass is 32.2. The van der Waals surface area contributed by atoms with E-state index in [1.165, 1.54) is 17.7 Å². The van der Waals surface area contributed by atoms with Gasteiger partial charge >= 0.3 is 0 Å². The Labute approximate surface area is 130 Å². The molecule has 2 fully saturated rings. The maximum atomic E-state index is 13.4. The highest BCUT2D eigenvalue weighted by Crippen LogP contribution is 2.44. The van der Waals surface area contributed by atoms with Crippen molar-refractivity contribution in [1.82, 2.24) is 5.32 Å². The van der Waals surface area contributed by atoms with Gasteiger partial charge in [0.2, 0.25) is 0 Å². The van der Waals surface area contributed by atoms with Crippen molar-refractivity contribution in [2.75, 3.05) is 25.2 Å². The van der Waals surface area contributed by atoms with Crippen molar-refractivity contribution in [2.24, 2.45) is 5.92 Å². The van der Waals surface area contributed by atoms with Gasteiger partial charge in [0.05, 0.1) is 5.60 Å². The molecule has 4 heteroatoms. The van der Waals surface area contributed by atoms with Gasteiger partial charge in [0.1, 0.15) is 5.82 Å². The molecule has 2 aliphatic rings. The van der Waals surface area contributed by atoms with Crippen molar-refractivity contribution in [3.05, 3.63) is 35.1 Å². The molecule has 0 aliphatic carbocycles. The molecule has 0 aromatic heterocycles. The third-order valence-corrected chi connectivity index (χ3v) is 6.17. The molecule has 1 aromatic rings. The summed E-state index contributed by atoms with van der Waals surface area (Å²) in [5.74, 6) is 2.75. The molecule has 116 valence electrons. The summed E-state index contributed by atoms with van der Waals surface area (Å²) >= 11 is 2.01. The fourth-order valence-corrected chi connectivity index (χ4v) is 5.22. The Morgan fingerprint density at radius 2 is 2.33 bits per heavy atom. The van der Waals surface area contributed by atoms with Crippen molar-refractivity contribution >= 4 is 11.8 Å². The molecule has 1 spiro atoms. The molecule has 3 atom stereocenters. The van der Waals surface area contributed by atoms with E-state index in [0.29, 0.717) is 5.92 Å². The molecule has 2 aliphatic heterocycles. The molecule has 0 bridgehead atoms. The van der Waals surface area contributed by atoms with E-state index in [1.807, 2.05) is 31.8 Å². The summed E-state index contributed by atoms with van der Waals surface area (Å²) in [6.07, 6.45) is 3.37. The van der Waals surface area contributed by atoms with Gasteiger partial charge in [-0.3, -0.25) is 0 Å². The van der Waals surface area contributed by atoms with Crippen LogP contribution in [0.5, 0.6) is 0 Å². The van der Waals surface area contributed by atoms with Crippen LogP contribution >= 0.6 is 11.8 Å². The first kappa shape index (κ1) is 15.3. The standard InChI is InChI=1S/C17H24FNOS/c1-12-9-14(18)3-4-15(12)16(19-2)13-5-7-20-17(10-13)6-8-21-11-17/h3-4,9,13,16,19H,5-8,10-11H2,1-2H3. The van der Waals surface area contributed by atoms with Gasteiger partial charge in [-0.05, 0) is 68.2 Å². The lowest BCUT2D eigenvalue weighted by Crippen LogP contribution is -2.43. The van der Waals surface area contributed by atoms with E-state index in [9.17, 15) is 4.39 Å². The lowest BCUT2D eigenvalue weighted by atomic mass is 9.78. The van der Waals surface area contributed by atoms with E-state index in [1.54, 1.807) is 12.1 Å². The second-order valence-corrected chi connectivity index (χ2v) is 7.46. The van der Waals surface area contributed by atoms with E-state index in [-0.39, 0.29) is 17.5 Å². The number of nitrogens with one attached hydrogen (secondary N) is 1. The predicted octanol–water partition coefficient (Wildman–Crippen LogP) is 3.70. The van der Waals surface area contributed by atoms with Gasteiger partial charge in [-0.15, -0.1) is 0 Å². The number of ether oxygens (including phenoxy) is 1. The number of rotatable bonds is 3. The number of hydrogen-bond donors (Lipinski definition) is 1. The molecule has 2 saturated heterocycles. The minimum atomic E-state index is -0.151. The maximum Gasteiger partial charge on any atom is 0.123 e.